The fourth-order valence-corrected chi connectivity index (χ4v) is 8.98. The molecule has 0 amide bonds. The van der Waals surface area contributed by atoms with E-state index >= 15 is 14.4 Å². The summed E-state index contributed by atoms with van der Waals surface area (Å²) in [6, 6.07) is 32.0. The standard InChI is InChI=1S/C57H66O15/c1-13-54(4,49(59)69-44-26-16-39(64-9)17-27-44)35-56(6,51(61)71-46-30-20-41(66-11)21-31-46)37-57(7,52(62)72-47-32-22-42(67-12)23-33-47)36-55(5,50(60)70-45-28-18-40(65-10)19-29-45)34-53(2,3)48(58)68-43-24-14-38(63-8)15-25-43/h14-33H,13,34-37H2,1-12H3. The van der Waals surface area contributed by atoms with Crippen LogP contribution in [0.2, 0.25) is 0 Å². The predicted octanol–water partition coefficient (Wildman–Crippen LogP) is 11.1. The molecule has 15 nitrogen and oxygen atoms in total. The maximum absolute atomic E-state index is 15.3. The van der Waals surface area contributed by atoms with Gasteiger partial charge in [0.25, 0.3) is 0 Å². The lowest BCUT2D eigenvalue weighted by atomic mass is 9.59. The van der Waals surface area contributed by atoms with Crippen molar-refractivity contribution in [2.45, 2.75) is 80.6 Å². The monoisotopic (exact) mass is 990 g/mol. The zero-order valence-electron chi connectivity index (χ0n) is 43.2. The predicted molar refractivity (Wildman–Crippen MR) is 268 cm³/mol. The molecule has 0 radical (unpaired) electrons. The molecule has 0 aromatic heterocycles. The van der Waals surface area contributed by atoms with Crippen molar-refractivity contribution in [3.8, 4) is 57.5 Å². The van der Waals surface area contributed by atoms with E-state index in [1.807, 2.05) is 0 Å². The summed E-state index contributed by atoms with van der Waals surface area (Å²) in [4.78, 5) is 74.1. The molecule has 5 aromatic carbocycles. The van der Waals surface area contributed by atoms with Crippen LogP contribution in [0.1, 0.15) is 80.6 Å². The minimum atomic E-state index is -1.81. The van der Waals surface area contributed by atoms with Gasteiger partial charge in [0.05, 0.1) is 62.6 Å². The van der Waals surface area contributed by atoms with E-state index in [-0.39, 0.29) is 60.9 Å². The Morgan fingerprint density at radius 1 is 0.292 bits per heavy atom. The van der Waals surface area contributed by atoms with Gasteiger partial charge in [-0.15, -0.1) is 0 Å². The van der Waals surface area contributed by atoms with Crippen LogP contribution in [-0.2, 0) is 24.0 Å². The number of hydrogen-bond donors (Lipinski definition) is 0. The summed E-state index contributed by atoms with van der Waals surface area (Å²) in [7, 11) is 7.55. The molecule has 384 valence electrons. The minimum Gasteiger partial charge on any atom is -0.497 e. The topological polar surface area (TPSA) is 178 Å². The van der Waals surface area contributed by atoms with E-state index in [0.717, 1.165) is 0 Å². The minimum absolute atomic E-state index is 0.141. The van der Waals surface area contributed by atoms with Crippen LogP contribution in [0.3, 0.4) is 0 Å². The molecule has 0 aliphatic heterocycles. The first-order chi connectivity index (χ1) is 34.0. The van der Waals surface area contributed by atoms with Gasteiger partial charge in [-0.2, -0.15) is 0 Å². The van der Waals surface area contributed by atoms with Crippen molar-refractivity contribution in [1.29, 1.82) is 0 Å². The lowest BCUT2D eigenvalue weighted by molar-refractivity contribution is -0.163. The SMILES string of the molecule is CCC(C)(CC(C)(CC(C)(CC(C)(CC(C)(C)C(=O)Oc1ccc(OC)cc1)C(=O)Oc1ccc(OC)cc1)C(=O)Oc1ccc(OC)cc1)C(=O)Oc1ccc(OC)cc1)C(=O)Oc1ccc(OC)cc1. The van der Waals surface area contributed by atoms with Crippen LogP contribution in [-0.4, -0.2) is 65.4 Å². The second kappa shape index (κ2) is 23.6. The molecule has 0 spiro atoms. The first-order valence-electron chi connectivity index (χ1n) is 23.4. The number of methoxy groups -OCH3 is 5. The van der Waals surface area contributed by atoms with Gasteiger partial charge in [-0.05, 0) is 195 Å². The van der Waals surface area contributed by atoms with Crippen LogP contribution in [0.4, 0.5) is 0 Å². The van der Waals surface area contributed by atoms with Gasteiger partial charge in [-0.25, -0.2) is 0 Å². The molecule has 72 heavy (non-hydrogen) atoms. The Morgan fingerprint density at radius 2 is 0.472 bits per heavy atom. The lowest BCUT2D eigenvalue weighted by Crippen LogP contribution is -2.50. The van der Waals surface area contributed by atoms with Gasteiger partial charge in [-0.3, -0.25) is 24.0 Å². The summed E-state index contributed by atoms with van der Waals surface area (Å²) in [6.07, 6.45) is -0.982. The summed E-state index contributed by atoms with van der Waals surface area (Å²) in [6.45, 7) is 11.5. The van der Waals surface area contributed by atoms with Crippen LogP contribution in [0.5, 0.6) is 57.5 Å². The van der Waals surface area contributed by atoms with E-state index in [2.05, 4.69) is 0 Å². The van der Waals surface area contributed by atoms with Crippen molar-refractivity contribution < 1.29 is 71.3 Å². The summed E-state index contributed by atoms with van der Waals surface area (Å²) in [5.41, 5.74) is -8.06. The normalized spacial score (nSPS) is 14.6. The Balaban J connectivity index is 1.66. The fourth-order valence-electron chi connectivity index (χ4n) is 8.98. The highest BCUT2D eigenvalue weighted by Gasteiger charge is 2.56. The molecule has 0 aliphatic carbocycles. The third-order valence-corrected chi connectivity index (χ3v) is 12.8. The third kappa shape index (κ3) is 14.1. The Bertz CT molecular complexity index is 2630. The number of rotatable bonds is 24. The molecule has 0 N–H and O–H groups in total. The van der Waals surface area contributed by atoms with Crippen LogP contribution in [0.15, 0.2) is 121 Å². The second-order valence-corrected chi connectivity index (χ2v) is 19.5. The summed E-state index contributed by atoms with van der Waals surface area (Å²) >= 11 is 0. The quantitative estimate of drug-likeness (QED) is 0.0421. The average Bonchev–Trinajstić information content (AvgIpc) is 3.37. The van der Waals surface area contributed by atoms with E-state index < -0.39 is 56.9 Å². The zero-order valence-corrected chi connectivity index (χ0v) is 43.2. The first kappa shape index (κ1) is 55.4. The van der Waals surface area contributed by atoms with E-state index in [0.29, 0.717) is 28.7 Å². The Kier molecular flexibility index (Phi) is 18.1. The fraction of sp³-hybridized carbons (Fsp3) is 0.386. The maximum Gasteiger partial charge on any atom is 0.317 e. The van der Waals surface area contributed by atoms with Crippen molar-refractivity contribution in [2.24, 2.45) is 27.1 Å². The second-order valence-electron chi connectivity index (χ2n) is 19.5. The molecule has 0 aliphatic rings. The molecule has 5 aromatic rings. The van der Waals surface area contributed by atoms with Gasteiger partial charge in [0, 0.05) is 0 Å². The molecule has 0 heterocycles. The highest BCUT2D eigenvalue weighted by atomic mass is 16.6. The Labute approximate surface area is 421 Å². The Morgan fingerprint density at radius 3 is 0.694 bits per heavy atom. The summed E-state index contributed by atoms with van der Waals surface area (Å²) in [5, 5.41) is 0. The molecule has 15 heteroatoms. The molecule has 4 unspecified atom stereocenters. The number of ether oxygens (including phenoxy) is 10. The van der Waals surface area contributed by atoms with Gasteiger partial charge in [0.15, 0.2) is 0 Å². The number of carbonyl (C=O) groups excluding carboxylic acids is 5. The Hall–Kier alpha value is -7.55. The molecular weight excluding hydrogens is 925 g/mol. The van der Waals surface area contributed by atoms with Crippen LogP contribution >= 0.6 is 0 Å². The van der Waals surface area contributed by atoms with Crippen molar-refractivity contribution in [1.82, 2.24) is 0 Å². The van der Waals surface area contributed by atoms with Crippen LogP contribution in [0, 0.1) is 27.1 Å². The molecule has 0 fully saturated rings. The van der Waals surface area contributed by atoms with Gasteiger partial charge in [0.1, 0.15) is 57.5 Å². The van der Waals surface area contributed by atoms with Crippen molar-refractivity contribution in [2.75, 3.05) is 35.5 Å². The summed E-state index contributed by atoms with van der Waals surface area (Å²) in [5.74, 6) is -0.162. The number of esters is 5. The average molecular weight is 991 g/mol. The number of carbonyl (C=O) groups is 5. The highest BCUT2D eigenvalue weighted by molar-refractivity contribution is 5.87. The van der Waals surface area contributed by atoms with E-state index in [9.17, 15) is 9.59 Å². The molecule has 0 saturated carbocycles. The van der Waals surface area contributed by atoms with Crippen LogP contribution < -0.4 is 47.4 Å². The van der Waals surface area contributed by atoms with E-state index in [1.54, 1.807) is 170 Å². The molecule has 5 rings (SSSR count). The number of hydrogen-bond acceptors (Lipinski definition) is 15. The number of benzene rings is 5. The van der Waals surface area contributed by atoms with Gasteiger partial charge in [-0.1, -0.05) is 6.92 Å². The van der Waals surface area contributed by atoms with Gasteiger partial charge < -0.3 is 47.4 Å². The van der Waals surface area contributed by atoms with E-state index in [4.69, 9.17) is 47.4 Å². The first-order valence-corrected chi connectivity index (χ1v) is 23.4. The third-order valence-electron chi connectivity index (χ3n) is 12.8. The highest BCUT2D eigenvalue weighted by Crippen LogP contribution is 2.52. The molecule has 4 atom stereocenters. The van der Waals surface area contributed by atoms with Crippen molar-refractivity contribution in [3.05, 3.63) is 121 Å². The van der Waals surface area contributed by atoms with Crippen molar-refractivity contribution >= 4 is 29.8 Å². The summed E-state index contributed by atoms with van der Waals surface area (Å²) < 4.78 is 56.8. The molecular formula is C57H66O15. The van der Waals surface area contributed by atoms with E-state index in [1.165, 1.54) is 35.5 Å². The lowest BCUT2D eigenvalue weighted by Gasteiger charge is -2.44. The maximum atomic E-state index is 15.3. The van der Waals surface area contributed by atoms with Gasteiger partial charge in [0.2, 0.25) is 0 Å². The largest absolute Gasteiger partial charge is 0.497 e. The van der Waals surface area contributed by atoms with Crippen LogP contribution in [0.25, 0.3) is 0 Å². The molecule has 0 saturated heterocycles. The zero-order chi connectivity index (χ0) is 52.9. The molecule has 0 bridgehead atoms. The van der Waals surface area contributed by atoms with Crippen molar-refractivity contribution in [3.63, 3.8) is 0 Å². The van der Waals surface area contributed by atoms with Gasteiger partial charge >= 0.3 is 29.8 Å². The smallest absolute Gasteiger partial charge is 0.317 e.